The van der Waals surface area contributed by atoms with Gasteiger partial charge in [0.25, 0.3) is 0 Å². The van der Waals surface area contributed by atoms with E-state index >= 15 is 0 Å². The van der Waals surface area contributed by atoms with E-state index in [2.05, 4.69) is 29.7 Å². The highest BCUT2D eigenvalue weighted by Crippen LogP contribution is 2.11. The second-order valence-corrected chi connectivity index (χ2v) is 8.01. The lowest BCUT2D eigenvalue weighted by atomic mass is 10.1. The van der Waals surface area contributed by atoms with E-state index < -0.39 is 11.9 Å². The molecule has 1 aliphatic rings. The van der Waals surface area contributed by atoms with Crippen LogP contribution in [0.25, 0.3) is 0 Å². The lowest BCUT2D eigenvalue weighted by molar-refractivity contribution is -0.141. The van der Waals surface area contributed by atoms with Crippen molar-refractivity contribution in [3.05, 3.63) is 23.4 Å². The van der Waals surface area contributed by atoms with Gasteiger partial charge >= 0.3 is 11.9 Å². The zero-order valence-electron chi connectivity index (χ0n) is 18.8. The molecule has 3 N–H and O–H groups in total. The molecule has 1 heterocycles. The van der Waals surface area contributed by atoms with Crippen molar-refractivity contribution in [2.45, 2.75) is 96.8 Å². The van der Waals surface area contributed by atoms with E-state index in [4.69, 9.17) is 9.84 Å². The molecule has 0 aromatic rings. The average Bonchev–Trinajstić information content (AvgIpc) is 2.75. The maximum Gasteiger partial charge on any atom is 0.355 e. The summed E-state index contributed by atoms with van der Waals surface area (Å²) in [5, 5.41) is 14.8. The van der Waals surface area contributed by atoms with Gasteiger partial charge in [0.2, 0.25) is 0 Å². The molecule has 0 unspecified atom stereocenters. The molecule has 6 nitrogen and oxygen atoms in total. The number of hydrogen-bond acceptors (Lipinski definition) is 5. The first-order chi connectivity index (χ1) is 14.7. The first kappa shape index (κ1) is 26.2. The molecule has 0 spiro atoms. The zero-order valence-corrected chi connectivity index (χ0v) is 18.8. The minimum atomic E-state index is -1.10. The van der Waals surface area contributed by atoms with Crippen LogP contribution in [0.15, 0.2) is 23.4 Å². The van der Waals surface area contributed by atoms with Crippen LogP contribution in [0.4, 0.5) is 0 Å². The predicted octanol–water partition coefficient (Wildman–Crippen LogP) is 5.06. The van der Waals surface area contributed by atoms with Crippen molar-refractivity contribution in [1.29, 1.82) is 0 Å². The summed E-state index contributed by atoms with van der Waals surface area (Å²) in [6.07, 6.45) is 21.9. The van der Waals surface area contributed by atoms with Crippen LogP contribution in [0.5, 0.6) is 0 Å². The highest BCUT2D eigenvalue weighted by atomic mass is 16.5. The number of nitrogens with one attached hydrogen (secondary N) is 2. The predicted molar refractivity (Wildman–Crippen MR) is 121 cm³/mol. The molecule has 0 aromatic heterocycles. The third-order valence-electron chi connectivity index (χ3n) is 5.35. The lowest BCUT2D eigenvalue weighted by Crippen LogP contribution is -2.42. The topological polar surface area (TPSA) is 87.7 Å². The smallest absolute Gasteiger partial charge is 0.355 e. The van der Waals surface area contributed by atoms with Gasteiger partial charge in [0.15, 0.2) is 0 Å². The second kappa shape index (κ2) is 18.0. The Morgan fingerprint density at radius 3 is 2.07 bits per heavy atom. The molecule has 6 heteroatoms. The summed E-state index contributed by atoms with van der Waals surface area (Å²) in [4.78, 5) is 23.2. The van der Waals surface area contributed by atoms with Crippen molar-refractivity contribution in [3.63, 3.8) is 0 Å². The maximum atomic E-state index is 12.0. The number of rotatable bonds is 18. The van der Waals surface area contributed by atoms with Gasteiger partial charge in [0.05, 0.1) is 18.8 Å². The second-order valence-electron chi connectivity index (χ2n) is 8.01. The van der Waals surface area contributed by atoms with E-state index in [0.29, 0.717) is 13.3 Å². The number of carboxylic acids is 1. The summed E-state index contributed by atoms with van der Waals surface area (Å²) in [6.45, 7) is 3.13. The summed E-state index contributed by atoms with van der Waals surface area (Å²) < 4.78 is 5.22. The maximum absolute atomic E-state index is 12.0. The van der Waals surface area contributed by atoms with Crippen LogP contribution in [0.3, 0.4) is 0 Å². The zero-order chi connectivity index (χ0) is 21.9. The quantitative estimate of drug-likeness (QED) is 0.163. The lowest BCUT2D eigenvalue weighted by Gasteiger charge is -2.19. The van der Waals surface area contributed by atoms with E-state index in [9.17, 15) is 9.59 Å². The number of carboxylic acid groups (broad SMARTS) is 1. The van der Waals surface area contributed by atoms with Crippen LogP contribution in [0, 0.1) is 0 Å². The Bertz CT molecular complexity index is 543. The molecule has 30 heavy (non-hydrogen) atoms. The molecule has 0 aliphatic carbocycles. The minimum absolute atomic E-state index is 0.0345. The van der Waals surface area contributed by atoms with E-state index in [1.807, 2.05) is 0 Å². The highest BCUT2D eigenvalue weighted by molar-refractivity contribution is 5.99. The van der Waals surface area contributed by atoms with Crippen LogP contribution in [-0.4, -0.2) is 36.9 Å². The Labute approximate surface area is 182 Å². The summed E-state index contributed by atoms with van der Waals surface area (Å²) in [6, 6.07) is 0. The number of carbonyl (C=O) groups is 2. The molecular weight excluding hydrogens is 380 g/mol. The Morgan fingerprint density at radius 1 is 0.900 bits per heavy atom. The fourth-order valence-electron chi connectivity index (χ4n) is 3.50. The molecule has 172 valence electrons. The summed E-state index contributed by atoms with van der Waals surface area (Å²) >= 11 is 0. The van der Waals surface area contributed by atoms with Gasteiger partial charge in [-0.25, -0.2) is 9.59 Å². The summed E-state index contributed by atoms with van der Waals surface area (Å²) in [5.74, 6) is -1.67. The van der Waals surface area contributed by atoms with Crippen LogP contribution in [0.2, 0.25) is 0 Å². The average molecular weight is 423 g/mol. The first-order valence-electron chi connectivity index (χ1n) is 11.9. The van der Waals surface area contributed by atoms with Crippen LogP contribution in [-0.2, 0) is 14.3 Å². The number of hydrogen-bond donors (Lipinski definition) is 3. The molecule has 0 saturated carbocycles. The molecule has 0 bridgehead atoms. The molecule has 0 amide bonds. The standard InChI is InChI=1S/C24H42N2O4/c1-2-3-4-5-6-7-8-9-10-11-12-13-14-15-16-17-18-30-24(29)22-21(23(27)28)19-25-20-26-22/h9-10,25-26H,2-8,11-20H2,1H3,(H,27,28). The Hall–Kier alpha value is -1.82. The number of aliphatic carboxylic acids is 1. The fraction of sp³-hybridized carbons (Fsp3) is 0.750. The highest BCUT2D eigenvalue weighted by Gasteiger charge is 2.24. The molecule has 0 radical (unpaired) electrons. The SMILES string of the molecule is CCCCCCCCC=CCCCCCCCCOC(=O)C1=C(C(=O)O)CNCN1. The van der Waals surface area contributed by atoms with Crippen molar-refractivity contribution in [3.8, 4) is 0 Å². The van der Waals surface area contributed by atoms with E-state index in [0.717, 1.165) is 19.3 Å². The van der Waals surface area contributed by atoms with Gasteiger partial charge in [-0.3, -0.25) is 5.32 Å². The number of ether oxygens (including phenoxy) is 1. The van der Waals surface area contributed by atoms with Gasteiger partial charge in [0, 0.05) is 6.54 Å². The van der Waals surface area contributed by atoms with E-state index in [-0.39, 0.29) is 17.8 Å². The van der Waals surface area contributed by atoms with E-state index in [1.165, 1.54) is 70.6 Å². The van der Waals surface area contributed by atoms with Crippen molar-refractivity contribution in [2.24, 2.45) is 0 Å². The van der Waals surface area contributed by atoms with Gasteiger partial charge in [-0.2, -0.15) is 0 Å². The van der Waals surface area contributed by atoms with Crippen molar-refractivity contribution < 1.29 is 19.4 Å². The number of unbranched alkanes of at least 4 members (excludes halogenated alkanes) is 12. The number of carbonyl (C=O) groups excluding carboxylic acids is 1. The van der Waals surface area contributed by atoms with E-state index in [1.54, 1.807) is 0 Å². The fourth-order valence-corrected chi connectivity index (χ4v) is 3.50. The first-order valence-corrected chi connectivity index (χ1v) is 11.9. The molecule has 0 saturated heterocycles. The van der Waals surface area contributed by atoms with Gasteiger partial charge < -0.3 is 15.2 Å². The van der Waals surface area contributed by atoms with Crippen LogP contribution >= 0.6 is 0 Å². The largest absolute Gasteiger partial charge is 0.478 e. The molecule has 1 aliphatic heterocycles. The monoisotopic (exact) mass is 422 g/mol. The third-order valence-corrected chi connectivity index (χ3v) is 5.35. The van der Waals surface area contributed by atoms with Gasteiger partial charge in [-0.15, -0.1) is 0 Å². The Balaban J connectivity index is 1.92. The third kappa shape index (κ3) is 12.7. The van der Waals surface area contributed by atoms with Crippen LogP contribution < -0.4 is 10.6 Å². The van der Waals surface area contributed by atoms with Gasteiger partial charge in [-0.05, 0) is 32.1 Å². The number of allylic oxidation sites excluding steroid dienone is 2. The Morgan fingerprint density at radius 2 is 1.47 bits per heavy atom. The molecule has 0 aromatic carbocycles. The van der Waals surface area contributed by atoms with Gasteiger partial charge in [-0.1, -0.05) is 76.9 Å². The molecule has 0 atom stereocenters. The normalized spacial score (nSPS) is 14.2. The van der Waals surface area contributed by atoms with Gasteiger partial charge in [0.1, 0.15) is 5.70 Å². The Kier molecular flexibility index (Phi) is 15.7. The molecule has 0 fully saturated rings. The molecular formula is C24H42N2O4. The van der Waals surface area contributed by atoms with Crippen molar-refractivity contribution in [2.75, 3.05) is 19.8 Å². The molecule has 1 rings (SSSR count). The number of esters is 1. The van der Waals surface area contributed by atoms with Crippen LogP contribution in [0.1, 0.15) is 96.8 Å². The summed E-state index contributed by atoms with van der Waals surface area (Å²) in [5.41, 5.74) is 0.109. The minimum Gasteiger partial charge on any atom is -0.478 e. The van der Waals surface area contributed by atoms with Crippen molar-refractivity contribution >= 4 is 11.9 Å². The summed E-state index contributed by atoms with van der Waals surface area (Å²) in [7, 11) is 0. The van der Waals surface area contributed by atoms with Crippen molar-refractivity contribution in [1.82, 2.24) is 10.6 Å².